The van der Waals surface area contributed by atoms with Gasteiger partial charge in [-0.15, -0.1) is 22.7 Å². The van der Waals surface area contributed by atoms with Gasteiger partial charge >= 0.3 is 0 Å². The van der Waals surface area contributed by atoms with E-state index >= 15 is 0 Å². The highest BCUT2D eigenvalue weighted by molar-refractivity contribution is 7.87. The summed E-state index contributed by atoms with van der Waals surface area (Å²) in [5.74, 6) is 0. The first kappa shape index (κ1) is 11.9. The topological polar surface area (TPSA) is 26.0 Å². The van der Waals surface area contributed by atoms with Crippen LogP contribution in [-0.4, -0.2) is 0 Å². The minimum Gasteiger partial charge on any atom is -0.399 e. The molecule has 2 N–H and O–H groups in total. The number of rotatable bonds is 3. The van der Waals surface area contributed by atoms with Crippen molar-refractivity contribution in [2.24, 2.45) is 0 Å². The van der Waals surface area contributed by atoms with E-state index in [0.717, 1.165) is 5.69 Å². The van der Waals surface area contributed by atoms with E-state index in [1.54, 1.807) is 0 Å². The molecule has 0 fully saturated rings. The fourth-order valence-corrected chi connectivity index (χ4v) is 6.94. The lowest BCUT2D eigenvalue weighted by molar-refractivity contribution is 1.73. The van der Waals surface area contributed by atoms with Crippen LogP contribution < -0.4 is 20.3 Å². The third-order valence-electron chi connectivity index (χ3n) is 2.60. The predicted octanol–water partition coefficient (Wildman–Crippen LogP) is 3.15. The number of hydrogen-bond acceptors (Lipinski definition) is 3. The Morgan fingerprint density at radius 1 is 0.778 bits per heavy atom. The maximum absolute atomic E-state index is 5.78. The molecule has 0 saturated heterocycles. The molecule has 3 rings (SSSR count). The van der Waals surface area contributed by atoms with Crippen LogP contribution in [0.1, 0.15) is 0 Å². The standard InChI is InChI=1S/C14H12NPS2/c15-11-5-7-12(8-6-11)16(13-3-1-9-17-13)14-4-2-10-18-14/h1-10H,15H2. The molecular formula is C14H12NPS2. The van der Waals surface area contributed by atoms with Gasteiger partial charge in [0, 0.05) is 22.8 Å². The summed E-state index contributed by atoms with van der Waals surface area (Å²) in [4.78, 5) is 0. The highest BCUT2D eigenvalue weighted by atomic mass is 32.1. The molecule has 18 heavy (non-hydrogen) atoms. The second-order valence-electron chi connectivity index (χ2n) is 3.83. The van der Waals surface area contributed by atoms with Gasteiger partial charge in [-0.3, -0.25) is 0 Å². The summed E-state index contributed by atoms with van der Waals surface area (Å²) in [7, 11) is -0.403. The van der Waals surface area contributed by atoms with Gasteiger partial charge < -0.3 is 5.73 Å². The van der Waals surface area contributed by atoms with Gasteiger partial charge in [0.1, 0.15) is 0 Å². The first-order valence-corrected chi connectivity index (χ1v) is 8.67. The highest BCUT2D eigenvalue weighted by Crippen LogP contribution is 2.36. The van der Waals surface area contributed by atoms with Gasteiger partial charge in [-0.1, -0.05) is 24.3 Å². The average Bonchev–Trinajstić information content (AvgIpc) is 3.06. The molecule has 0 radical (unpaired) electrons. The second kappa shape index (κ2) is 5.23. The Kier molecular flexibility index (Phi) is 3.46. The van der Waals surface area contributed by atoms with Crippen LogP contribution in [0, 0.1) is 0 Å². The van der Waals surface area contributed by atoms with Crippen LogP contribution in [0.3, 0.4) is 0 Å². The molecular weight excluding hydrogens is 277 g/mol. The molecule has 4 heteroatoms. The zero-order valence-corrected chi connectivity index (χ0v) is 12.1. The number of benzene rings is 1. The van der Waals surface area contributed by atoms with Crippen LogP contribution >= 0.6 is 30.6 Å². The summed E-state index contributed by atoms with van der Waals surface area (Å²) in [5, 5.41) is 5.66. The molecule has 0 aliphatic rings. The molecule has 0 aliphatic carbocycles. The van der Waals surface area contributed by atoms with E-state index in [0.29, 0.717) is 0 Å². The highest BCUT2D eigenvalue weighted by Gasteiger charge is 2.17. The van der Waals surface area contributed by atoms with Crippen LogP contribution in [0.4, 0.5) is 5.69 Å². The zero-order chi connectivity index (χ0) is 12.4. The van der Waals surface area contributed by atoms with E-state index in [2.05, 4.69) is 47.2 Å². The number of anilines is 1. The van der Waals surface area contributed by atoms with E-state index in [1.165, 1.54) is 14.5 Å². The Balaban J connectivity index is 2.08. The maximum atomic E-state index is 5.78. The third-order valence-corrected chi connectivity index (χ3v) is 7.67. The monoisotopic (exact) mass is 289 g/mol. The molecule has 0 saturated carbocycles. The molecule has 2 aromatic heterocycles. The zero-order valence-electron chi connectivity index (χ0n) is 9.61. The number of nitrogen functional groups attached to an aromatic ring is 1. The van der Waals surface area contributed by atoms with E-state index < -0.39 is 7.92 Å². The third kappa shape index (κ3) is 2.35. The smallest absolute Gasteiger partial charge is 0.0376 e. The van der Waals surface area contributed by atoms with Crippen molar-refractivity contribution in [1.82, 2.24) is 0 Å². The van der Waals surface area contributed by atoms with E-state index in [9.17, 15) is 0 Å². The van der Waals surface area contributed by atoms with Gasteiger partial charge in [0.15, 0.2) is 0 Å². The number of nitrogens with two attached hydrogens (primary N) is 1. The van der Waals surface area contributed by atoms with Gasteiger partial charge in [-0.2, -0.15) is 0 Å². The normalized spacial score (nSPS) is 10.9. The van der Waals surface area contributed by atoms with E-state index in [1.807, 2.05) is 34.8 Å². The largest absolute Gasteiger partial charge is 0.399 e. The van der Waals surface area contributed by atoms with Crippen molar-refractivity contribution in [3.63, 3.8) is 0 Å². The molecule has 0 atom stereocenters. The Hall–Kier alpha value is -1.15. The lowest BCUT2D eigenvalue weighted by Crippen LogP contribution is -2.16. The van der Waals surface area contributed by atoms with Crippen molar-refractivity contribution in [3.05, 3.63) is 59.3 Å². The molecule has 0 bridgehead atoms. The molecule has 0 amide bonds. The lowest BCUT2D eigenvalue weighted by Gasteiger charge is -2.14. The van der Waals surface area contributed by atoms with Crippen LogP contribution in [0.2, 0.25) is 0 Å². The van der Waals surface area contributed by atoms with Crippen LogP contribution in [0.15, 0.2) is 59.3 Å². The van der Waals surface area contributed by atoms with Gasteiger partial charge in [0.05, 0.1) is 0 Å². The molecule has 1 nitrogen and oxygen atoms in total. The Bertz CT molecular complexity index is 566. The summed E-state index contributed by atoms with van der Waals surface area (Å²) in [6.45, 7) is 0. The lowest BCUT2D eigenvalue weighted by atomic mass is 10.3. The Morgan fingerprint density at radius 3 is 1.78 bits per heavy atom. The van der Waals surface area contributed by atoms with Gasteiger partial charge in [-0.25, -0.2) is 0 Å². The van der Waals surface area contributed by atoms with Crippen molar-refractivity contribution >= 4 is 50.8 Å². The first-order chi connectivity index (χ1) is 8.84. The minimum atomic E-state index is -0.403. The molecule has 1 aromatic carbocycles. The van der Waals surface area contributed by atoms with Crippen LogP contribution in [0.5, 0.6) is 0 Å². The maximum Gasteiger partial charge on any atom is 0.0376 e. The summed E-state index contributed by atoms with van der Waals surface area (Å²) < 4.78 is 2.88. The fraction of sp³-hybridized carbons (Fsp3) is 0. The SMILES string of the molecule is Nc1ccc(P(c2cccs2)c2cccs2)cc1. The van der Waals surface area contributed by atoms with E-state index in [-0.39, 0.29) is 0 Å². The molecule has 3 aromatic rings. The Morgan fingerprint density at radius 2 is 1.33 bits per heavy atom. The van der Waals surface area contributed by atoms with Gasteiger partial charge in [0.25, 0.3) is 0 Å². The summed E-state index contributed by atoms with van der Waals surface area (Å²) >= 11 is 3.67. The van der Waals surface area contributed by atoms with Crippen molar-refractivity contribution in [1.29, 1.82) is 0 Å². The predicted molar refractivity (Wildman–Crippen MR) is 85.3 cm³/mol. The molecule has 0 unspecified atom stereocenters. The van der Waals surface area contributed by atoms with Crippen molar-refractivity contribution < 1.29 is 0 Å². The van der Waals surface area contributed by atoms with Gasteiger partial charge in [0.2, 0.25) is 0 Å². The molecule has 90 valence electrons. The fourth-order valence-electron chi connectivity index (χ4n) is 1.78. The molecule has 2 heterocycles. The summed E-state index contributed by atoms with van der Waals surface area (Å²) in [5.41, 5.74) is 6.60. The number of hydrogen-bond donors (Lipinski definition) is 1. The van der Waals surface area contributed by atoms with Crippen molar-refractivity contribution in [3.8, 4) is 0 Å². The number of thiophene rings is 2. The van der Waals surface area contributed by atoms with Crippen molar-refractivity contribution in [2.45, 2.75) is 0 Å². The average molecular weight is 289 g/mol. The molecule has 0 aliphatic heterocycles. The minimum absolute atomic E-state index is 0.403. The van der Waals surface area contributed by atoms with Crippen LogP contribution in [0.25, 0.3) is 0 Å². The van der Waals surface area contributed by atoms with Crippen molar-refractivity contribution in [2.75, 3.05) is 5.73 Å². The van der Waals surface area contributed by atoms with Gasteiger partial charge in [-0.05, 0) is 40.3 Å². The second-order valence-corrected chi connectivity index (χ2v) is 8.48. The van der Waals surface area contributed by atoms with E-state index in [4.69, 9.17) is 5.73 Å². The summed E-state index contributed by atoms with van der Waals surface area (Å²) in [6, 6.07) is 17.0. The van der Waals surface area contributed by atoms with Crippen LogP contribution in [-0.2, 0) is 0 Å². The molecule has 0 spiro atoms. The Labute approximate surface area is 116 Å². The summed E-state index contributed by atoms with van der Waals surface area (Å²) in [6.07, 6.45) is 0. The first-order valence-electron chi connectivity index (χ1n) is 5.57. The quantitative estimate of drug-likeness (QED) is 0.582.